The average Bonchev–Trinajstić information content (AvgIpc) is 2.48. The van der Waals surface area contributed by atoms with Crippen LogP contribution in [-0.2, 0) is 5.41 Å². The van der Waals surface area contributed by atoms with Crippen LogP contribution in [0.3, 0.4) is 0 Å². The Morgan fingerprint density at radius 2 is 1.78 bits per heavy atom. The molecule has 0 radical (unpaired) electrons. The Kier molecular flexibility index (Phi) is 5.01. The lowest BCUT2D eigenvalue weighted by Crippen LogP contribution is -2.24. The van der Waals surface area contributed by atoms with Gasteiger partial charge in [0.05, 0.1) is 6.21 Å². The van der Waals surface area contributed by atoms with Gasteiger partial charge in [-0.25, -0.2) is 10.2 Å². The Hall–Kier alpha value is -2.82. The van der Waals surface area contributed by atoms with Gasteiger partial charge >= 0.3 is 6.03 Å². The number of nitrogens with two attached hydrogens (primary N) is 1. The maximum absolute atomic E-state index is 10.6. The van der Waals surface area contributed by atoms with Gasteiger partial charge in [-0.05, 0) is 35.2 Å². The van der Waals surface area contributed by atoms with E-state index in [9.17, 15) is 4.79 Å². The summed E-state index contributed by atoms with van der Waals surface area (Å²) in [6.07, 6.45) is 1.49. The zero-order valence-electron chi connectivity index (χ0n) is 13.5. The van der Waals surface area contributed by atoms with E-state index in [2.05, 4.69) is 43.4 Å². The van der Waals surface area contributed by atoms with E-state index in [1.54, 1.807) is 0 Å². The monoisotopic (exact) mass is 311 g/mol. The van der Waals surface area contributed by atoms with Crippen molar-refractivity contribution in [3.8, 4) is 11.5 Å². The van der Waals surface area contributed by atoms with Gasteiger partial charge in [0.1, 0.15) is 11.5 Å². The molecule has 3 N–H and O–H groups in total. The zero-order chi connectivity index (χ0) is 16.9. The largest absolute Gasteiger partial charge is 0.457 e. The van der Waals surface area contributed by atoms with Crippen molar-refractivity contribution < 1.29 is 9.53 Å². The number of nitrogens with one attached hydrogen (secondary N) is 1. The zero-order valence-corrected chi connectivity index (χ0v) is 13.5. The molecule has 2 aromatic rings. The van der Waals surface area contributed by atoms with Crippen molar-refractivity contribution >= 4 is 12.2 Å². The molecule has 120 valence electrons. The lowest BCUT2D eigenvalue weighted by atomic mass is 9.87. The Bertz CT molecular complexity index is 701. The first kappa shape index (κ1) is 16.5. The number of nitrogens with zero attached hydrogens (tertiary/aromatic N) is 1. The first-order valence-corrected chi connectivity index (χ1v) is 7.32. The quantitative estimate of drug-likeness (QED) is 0.666. The van der Waals surface area contributed by atoms with Crippen LogP contribution in [0, 0.1) is 0 Å². The lowest BCUT2D eigenvalue weighted by molar-refractivity contribution is 0.249. The summed E-state index contributed by atoms with van der Waals surface area (Å²) < 4.78 is 5.90. The van der Waals surface area contributed by atoms with E-state index in [4.69, 9.17) is 10.5 Å². The minimum absolute atomic E-state index is 0.101. The SMILES string of the molecule is CC(C)(C)c1ccc(Oc2ccccc2C=NNC(N)=O)cc1. The fourth-order valence-corrected chi connectivity index (χ4v) is 2.00. The van der Waals surface area contributed by atoms with Crippen LogP contribution < -0.4 is 15.9 Å². The summed E-state index contributed by atoms with van der Waals surface area (Å²) in [6, 6.07) is 14.7. The van der Waals surface area contributed by atoms with Gasteiger partial charge in [-0.15, -0.1) is 0 Å². The Morgan fingerprint density at radius 1 is 1.13 bits per heavy atom. The first-order chi connectivity index (χ1) is 10.9. The summed E-state index contributed by atoms with van der Waals surface area (Å²) >= 11 is 0. The predicted octanol–water partition coefficient (Wildman–Crippen LogP) is 3.78. The van der Waals surface area contributed by atoms with Crippen LogP contribution in [-0.4, -0.2) is 12.2 Å². The molecular formula is C18H21N3O2. The standard InChI is InChI=1S/C18H21N3O2/c1-18(2,3)14-8-10-15(11-9-14)23-16-7-5-4-6-13(16)12-20-21-17(19)22/h4-12H,1-3H3,(H3,19,21,22). The summed E-state index contributed by atoms with van der Waals surface area (Å²) in [5.74, 6) is 1.38. The number of carbonyl (C=O) groups is 1. The van der Waals surface area contributed by atoms with Crippen LogP contribution in [0.4, 0.5) is 4.79 Å². The van der Waals surface area contributed by atoms with Gasteiger partial charge < -0.3 is 10.5 Å². The number of rotatable bonds is 4. The van der Waals surface area contributed by atoms with Crippen LogP contribution in [0.5, 0.6) is 11.5 Å². The summed E-state index contributed by atoms with van der Waals surface area (Å²) in [5.41, 5.74) is 9.21. The number of para-hydroxylation sites is 1. The van der Waals surface area contributed by atoms with E-state index in [-0.39, 0.29) is 5.41 Å². The molecule has 0 heterocycles. The third kappa shape index (κ3) is 4.85. The second-order valence-electron chi connectivity index (χ2n) is 6.15. The summed E-state index contributed by atoms with van der Waals surface area (Å²) in [7, 11) is 0. The fourth-order valence-electron chi connectivity index (χ4n) is 2.00. The highest BCUT2D eigenvalue weighted by Gasteiger charge is 2.13. The highest BCUT2D eigenvalue weighted by molar-refractivity contribution is 5.84. The highest BCUT2D eigenvalue weighted by atomic mass is 16.5. The Morgan fingerprint density at radius 3 is 2.39 bits per heavy atom. The van der Waals surface area contributed by atoms with Gasteiger partial charge in [0.25, 0.3) is 0 Å². The van der Waals surface area contributed by atoms with Gasteiger partial charge in [0.2, 0.25) is 0 Å². The molecule has 5 nitrogen and oxygen atoms in total. The number of hydrogen-bond donors (Lipinski definition) is 2. The third-order valence-electron chi connectivity index (χ3n) is 3.25. The molecular weight excluding hydrogens is 290 g/mol. The molecule has 0 unspecified atom stereocenters. The summed E-state index contributed by atoms with van der Waals surface area (Å²) in [5, 5.41) is 3.76. The molecule has 0 aliphatic rings. The maximum atomic E-state index is 10.6. The number of hydrazone groups is 1. The van der Waals surface area contributed by atoms with Crippen molar-refractivity contribution in [1.29, 1.82) is 0 Å². The second kappa shape index (κ2) is 6.96. The molecule has 0 aliphatic carbocycles. The average molecular weight is 311 g/mol. The molecule has 0 saturated heterocycles. The van der Waals surface area contributed by atoms with Crippen molar-refractivity contribution in [2.75, 3.05) is 0 Å². The van der Waals surface area contributed by atoms with Crippen LogP contribution >= 0.6 is 0 Å². The number of primary amides is 1. The first-order valence-electron chi connectivity index (χ1n) is 7.32. The molecule has 0 aromatic heterocycles. The van der Waals surface area contributed by atoms with Crippen LogP contribution in [0.25, 0.3) is 0 Å². The van der Waals surface area contributed by atoms with Crippen molar-refractivity contribution in [2.45, 2.75) is 26.2 Å². The highest BCUT2D eigenvalue weighted by Crippen LogP contribution is 2.28. The van der Waals surface area contributed by atoms with Gasteiger partial charge in [0.15, 0.2) is 0 Å². The fraction of sp³-hybridized carbons (Fsp3) is 0.222. The maximum Gasteiger partial charge on any atom is 0.332 e. The van der Waals surface area contributed by atoms with Crippen molar-refractivity contribution in [3.05, 3.63) is 59.7 Å². The third-order valence-corrected chi connectivity index (χ3v) is 3.25. The molecule has 2 aromatic carbocycles. The van der Waals surface area contributed by atoms with Crippen molar-refractivity contribution in [2.24, 2.45) is 10.8 Å². The number of carbonyl (C=O) groups excluding carboxylic acids is 1. The van der Waals surface area contributed by atoms with E-state index < -0.39 is 6.03 Å². The molecule has 0 saturated carbocycles. The second-order valence-corrected chi connectivity index (χ2v) is 6.15. The van der Waals surface area contributed by atoms with E-state index in [1.807, 2.05) is 36.4 Å². The number of benzene rings is 2. The van der Waals surface area contributed by atoms with E-state index >= 15 is 0 Å². The molecule has 23 heavy (non-hydrogen) atoms. The normalized spacial score (nSPS) is 11.4. The Labute approximate surface area is 136 Å². The number of ether oxygens (including phenoxy) is 1. The molecule has 5 heteroatoms. The molecule has 0 spiro atoms. The van der Waals surface area contributed by atoms with Crippen LogP contribution in [0.1, 0.15) is 31.9 Å². The van der Waals surface area contributed by atoms with Crippen LogP contribution in [0.2, 0.25) is 0 Å². The van der Waals surface area contributed by atoms with Gasteiger partial charge in [0, 0.05) is 5.56 Å². The van der Waals surface area contributed by atoms with Crippen LogP contribution in [0.15, 0.2) is 53.6 Å². The Balaban J connectivity index is 2.17. The van der Waals surface area contributed by atoms with E-state index in [1.165, 1.54) is 11.8 Å². The van der Waals surface area contributed by atoms with Gasteiger partial charge in [-0.2, -0.15) is 5.10 Å². The number of urea groups is 1. The molecule has 2 rings (SSSR count). The molecule has 0 aliphatic heterocycles. The number of hydrogen-bond acceptors (Lipinski definition) is 3. The minimum Gasteiger partial charge on any atom is -0.457 e. The minimum atomic E-state index is -0.711. The van der Waals surface area contributed by atoms with Gasteiger partial charge in [-0.3, -0.25) is 0 Å². The van der Waals surface area contributed by atoms with Crippen molar-refractivity contribution in [1.82, 2.24) is 5.43 Å². The van der Waals surface area contributed by atoms with E-state index in [0.29, 0.717) is 5.75 Å². The van der Waals surface area contributed by atoms with E-state index in [0.717, 1.165) is 11.3 Å². The molecule has 2 amide bonds. The van der Waals surface area contributed by atoms with Gasteiger partial charge in [-0.1, -0.05) is 45.0 Å². The molecule has 0 bridgehead atoms. The smallest absolute Gasteiger partial charge is 0.332 e. The summed E-state index contributed by atoms with van der Waals surface area (Å²) in [4.78, 5) is 10.6. The molecule has 0 atom stereocenters. The van der Waals surface area contributed by atoms with Crippen molar-refractivity contribution in [3.63, 3.8) is 0 Å². The summed E-state index contributed by atoms with van der Waals surface area (Å²) in [6.45, 7) is 6.50. The lowest BCUT2D eigenvalue weighted by Gasteiger charge is -2.19. The number of amides is 2. The topological polar surface area (TPSA) is 76.7 Å². The predicted molar refractivity (Wildman–Crippen MR) is 92.0 cm³/mol. The molecule has 0 fully saturated rings.